The van der Waals surface area contributed by atoms with Crippen molar-refractivity contribution in [3.05, 3.63) is 30.4 Å². The van der Waals surface area contributed by atoms with Gasteiger partial charge in [-0.1, -0.05) is 20.8 Å². The first-order chi connectivity index (χ1) is 9.17. The Balaban J connectivity index is 0.00000200. The fourth-order valence-corrected chi connectivity index (χ4v) is 1.98. The van der Waals surface area contributed by atoms with Crippen LogP contribution in [0.5, 0.6) is 0 Å². The number of halogens is 1. The molecule has 0 bridgehead atoms. The standard InChI is InChI=1S/C14H23N5.ClH/c1-4-5-18-11-14(8-17-18)15-6-13-7-16-19(10-13)9-12(2)3;/h7-8,10-12,15H,4-6,9H2,1-3H3;1H. The lowest BCUT2D eigenvalue weighted by Gasteiger charge is -2.03. The third kappa shape index (κ3) is 4.89. The van der Waals surface area contributed by atoms with Crippen molar-refractivity contribution in [3.8, 4) is 0 Å². The molecule has 0 aliphatic rings. The van der Waals surface area contributed by atoms with Crippen LogP contribution in [-0.4, -0.2) is 19.6 Å². The van der Waals surface area contributed by atoms with E-state index in [-0.39, 0.29) is 12.4 Å². The minimum atomic E-state index is 0. The third-order valence-corrected chi connectivity index (χ3v) is 2.82. The van der Waals surface area contributed by atoms with E-state index in [1.54, 1.807) is 0 Å². The van der Waals surface area contributed by atoms with Crippen molar-refractivity contribution in [2.75, 3.05) is 5.32 Å². The van der Waals surface area contributed by atoms with E-state index in [1.165, 1.54) is 5.56 Å². The van der Waals surface area contributed by atoms with Crippen LogP contribution >= 0.6 is 12.4 Å². The maximum Gasteiger partial charge on any atom is 0.0729 e. The number of hydrogen-bond acceptors (Lipinski definition) is 3. The van der Waals surface area contributed by atoms with E-state index in [2.05, 4.69) is 42.5 Å². The maximum absolute atomic E-state index is 4.36. The van der Waals surface area contributed by atoms with Gasteiger partial charge in [0.05, 0.1) is 18.1 Å². The van der Waals surface area contributed by atoms with Gasteiger partial charge < -0.3 is 5.32 Å². The second-order valence-electron chi connectivity index (χ2n) is 5.31. The van der Waals surface area contributed by atoms with Crippen molar-refractivity contribution in [1.29, 1.82) is 0 Å². The highest BCUT2D eigenvalue weighted by molar-refractivity contribution is 5.85. The number of aryl methyl sites for hydroxylation is 1. The first kappa shape index (κ1) is 16.6. The molecule has 2 heterocycles. The van der Waals surface area contributed by atoms with Crippen molar-refractivity contribution >= 4 is 18.1 Å². The topological polar surface area (TPSA) is 47.7 Å². The minimum absolute atomic E-state index is 0. The van der Waals surface area contributed by atoms with Gasteiger partial charge in [-0.05, 0) is 12.3 Å². The highest BCUT2D eigenvalue weighted by atomic mass is 35.5. The van der Waals surface area contributed by atoms with Crippen LogP contribution in [0.15, 0.2) is 24.8 Å². The number of hydrogen-bond donors (Lipinski definition) is 1. The van der Waals surface area contributed by atoms with Crippen LogP contribution in [0, 0.1) is 5.92 Å². The van der Waals surface area contributed by atoms with Gasteiger partial charge >= 0.3 is 0 Å². The summed E-state index contributed by atoms with van der Waals surface area (Å²) in [5.74, 6) is 0.619. The van der Waals surface area contributed by atoms with Crippen LogP contribution in [0.4, 0.5) is 5.69 Å². The molecule has 0 spiro atoms. The fraction of sp³-hybridized carbons (Fsp3) is 0.571. The Labute approximate surface area is 126 Å². The van der Waals surface area contributed by atoms with E-state index in [0.717, 1.165) is 31.7 Å². The van der Waals surface area contributed by atoms with Gasteiger partial charge in [0.15, 0.2) is 0 Å². The molecule has 6 heteroatoms. The molecule has 0 atom stereocenters. The summed E-state index contributed by atoms with van der Waals surface area (Å²) >= 11 is 0. The van der Waals surface area contributed by atoms with Gasteiger partial charge in [-0.3, -0.25) is 9.36 Å². The summed E-state index contributed by atoms with van der Waals surface area (Å²) in [6.45, 7) is 9.26. The van der Waals surface area contributed by atoms with Crippen LogP contribution in [0.2, 0.25) is 0 Å². The zero-order valence-electron chi connectivity index (χ0n) is 12.4. The molecular weight excluding hydrogens is 274 g/mol. The summed E-state index contributed by atoms with van der Waals surface area (Å²) in [6.07, 6.45) is 9.04. The van der Waals surface area contributed by atoms with Gasteiger partial charge in [-0.2, -0.15) is 10.2 Å². The SMILES string of the molecule is CCCn1cc(NCc2cnn(CC(C)C)c2)cn1.Cl. The quantitative estimate of drug-likeness (QED) is 0.854. The average molecular weight is 298 g/mol. The largest absolute Gasteiger partial charge is 0.378 e. The molecule has 20 heavy (non-hydrogen) atoms. The zero-order chi connectivity index (χ0) is 13.7. The van der Waals surface area contributed by atoms with Gasteiger partial charge in [-0.25, -0.2) is 0 Å². The normalized spacial score (nSPS) is 10.6. The summed E-state index contributed by atoms with van der Waals surface area (Å²) in [7, 11) is 0. The van der Waals surface area contributed by atoms with E-state index < -0.39 is 0 Å². The summed E-state index contributed by atoms with van der Waals surface area (Å²) in [6, 6.07) is 0. The molecule has 5 nitrogen and oxygen atoms in total. The predicted molar refractivity (Wildman–Crippen MR) is 84.2 cm³/mol. The second-order valence-corrected chi connectivity index (χ2v) is 5.31. The Morgan fingerprint density at radius 2 is 1.90 bits per heavy atom. The van der Waals surface area contributed by atoms with E-state index in [4.69, 9.17) is 0 Å². The van der Waals surface area contributed by atoms with E-state index >= 15 is 0 Å². The van der Waals surface area contributed by atoms with Gasteiger partial charge in [0.2, 0.25) is 0 Å². The van der Waals surface area contributed by atoms with E-state index in [1.807, 2.05) is 28.0 Å². The third-order valence-electron chi connectivity index (χ3n) is 2.82. The van der Waals surface area contributed by atoms with Crippen LogP contribution in [0.1, 0.15) is 32.8 Å². The molecule has 0 saturated carbocycles. The lowest BCUT2D eigenvalue weighted by atomic mass is 10.2. The molecule has 1 N–H and O–H groups in total. The highest BCUT2D eigenvalue weighted by Crippen LogP contribution is 2.08. The van der Waals surface area contributed by atoms with Gasteiger partial charge in [0.1, 0.15) is 0 Å². The smallest absolute Gasteiger partial charge is 0.0729 e. The lowest BCUT2D eigenvalue weighted by molar-refractivity contribution is 0.483. The zero-order valence-corrected chi connectivity index (χ0v) is 13.2. The van der Waals surface area contributed by atoms with Gasteiger partial charge in [0, 0.05) is 37.6 Å². The van der Waals surface area contributed by atoms with Crippen molar-refractivity contribution < 1.29 is 0 Å². The first-order valence-corrected chi connectivity index (χ1v) is 6.95. The van der Waals surface area contributed by atoms with Crippen LogP contribution in [0.3, 0.4) is 0 Å². The summed E-state index contributed by atoms with van der Waals surface area (Å²) in [5.41, 5.74) is 2.26. The molecule has 0 amide bonds. The molecule has 0 radical (unpaired) electrons. The van der Waals surface area contributed by atoms with Crippen molar-refractivity contribution in [1.82, 2.24) is 19.6 Å². The molecule has 2 aromatic rings. The molecule has 2 aromatic heterocycles. The predicted octanol–water partition coefficient (Wildman–Crippen LogP) is 3.18. The Morgan fingerprint density at radius 3 is 2.60 bits per heavy atom. The minimum Gasteiger partial charge on any atom is -0.378 e. The lowest BCUT2D eigenvalue weighted by Crippen LogP contribution is -2.04. The summed E-state index contributed by atoms with van der Waals surface area (Å²) in [5, 5.41) is 12.0. The van der Waals surface area contributed by atoms with Crippen molar-refractivity contribution in [2.24, 2.45) is 5.92 Å². The van der Waals surface area contributed by atoms with E-state index in [9.17, 15) is 0 Å². The molecule has 0 fully saturated rings. The Bertz CT molecular complexity index is 503. The molecule has 2 rings (SSSR count). The number of nitrogens with zero attached hydrogens (tertiary/aromatic N) is 4. The molecule has 0 unspecified atom stereocenters. The molecule has 0 saturated heterocycles. The second kappa shape index (κ2) is 7.94. The molecule has 0 aromatic carbocycles. The summed E-state index contributed by atoms with van der Waals surface area (Å²) in [4.78, 5) is 0. The molecular formula is C14H24ClN5. The van der Waals surface area contributed by atoms with Crippen molar-refractivity contribution in [2.45, 2.75) is 46.8 Å². The number of nitrogens with one attached hydrogen (secondary N) is 1. The Hall–Kier alpha value is -1.49. The van der Waals surface area contributed by atoms with Crippen LogP contribution in [0.25, 0.3) is 0 Å². The monoisotopic (exact) mass is 297 g/mol. The number of aromatic nitrogens is 4. The Morgan fingerprint density at radius 1 is 1.15 bits per heavy atom. The molecule has 0 aliphatic heterocycles. The number of rotatable bonds is 7. The Kier molecular flexibility index (Phi) is 6.58. The fourth-order valence-electron chi connectivity index (χ4n) is 1.98. The van der Waals surface area contributed by atoms with E-state index in [0.29, 0.717) is 5.92 Å². The van der Waals surface area contributed by atoms with Crippen LogP contribution in [-0.2, 0) is 19.6 Å². The maximum atomic E-state index is 4.36. The summed E-state index contributed by atoms with van der Waals surface area (Å²) < 4.78 is 3.96. The molecule has 0 aliphatic carbocycles. The van der Waals surface area contributed by atoms with Crippen molar-refractivity contribution in [3.63, 3.8) is 0 Å². The molecule has 112 valence electrons. The van der Waals surface area contributed by atoms with Gasteiger partial charge in [0.25, 0.3) is 0 Å². The van der Waals surface area contributed by atoms with Gasteiger partial charge in [-0.15, -0.1) is 12.4 Å². The highest BCUT2D eigenvalue weighted by Gasteiger charge is 2.02. The first-order valence-electron chi connectivity index (χ1n) is 6.95. The van der Waals surface area contributed by atoms with Crippen LogP contribution < -0.4 is 5.32 Å². The number of anilines is 1. The average Bonchev–Trinajstić information content (AvgIpc) is 2.96.